The molecule has 1 aromatic carbocycles. The van der Waals surface area contributed by atoms with Gasteiger partial charge in [0, 0.05) is 17.8 Å². The predicted molar refractivity (Wildman–Crippen MR) is 112 cm³/mol. The number of amides is 1. The summed E-state index contributed by atoms with van der Waals surface area (Å²) in [5, 5.41) is 12.1. The number of aromatic nitrogens is 2. The molecule has 1 saturated heterocycles. The van der Waals surface area contributed by atoms with E-state index in [1.807, 2.05) is 48.7 Å². The molecule has 0 aliphatic carbocycles. The molecule has 0 spiro atoms. The quantitative estimate of drug-likeness (QED) is 0.629. The number of thiophene rings is 1. The van der Waals surface area contributed by atoms with Crippen LogP contribution in [0, 0.1) is 6.92 Å². The molecule has 0 bridgehead atoms. The predicted octanol–water partition coefficient (Wildman–Crippen LogP) is 4.17. The molecule has 28 heavy (non-hydrogen) atoms. The van der Waals surface area contributed by atoms with Crippen molar-refractivity contribution in [3.8, 4) is 16.3 Å². The van der Waals surface area contributed by atoms with Crippen molar-refractivity contribution in [1.82, 2.24) is 15.1 Å². The number of rotatable bonds is 7. The fourth-order valence-electron chi connectivity index (χ4n) is 3.40. The number of ether oxygens (including phenoxy) is 1. The van der Waals surface area contributed by atoms with Crippen LogP contribution in [0.4, 0.5) is 5.69 Å². The molecular weight excluding hydrogens is 372 g/mol. The molecule has 2 N–H and O–H groups in total. The summed E-state index contributed by atoms with van der Waals surface area (Å²) in [6.45, 7) is 5.90. The molecule has 1 aliphatic rings. The van der Waals surface area contributed by atoms with Gasteiger partial charge in [0.15, 0.2) is 5.69 Å². The minimum Gasteiger partial charge on any atom is -0.492 e. The Kier molecular flexibility index (Phi) is 5.73. The van der Waals surface area contributed by atoms with E-state index in [0.29, 0.717) is 12.3 Å². The Labute approximate surface area is 168 Å². The van der Waals surface area contributed by atoms with Gasteiger partial charge in [-0.3, -0.25) is 14.8 Å². The maximum absolute atomic E-state index is 12.6. The van der Waals surface area contributed by atoms with Crippen molar-refractivity contribution >= 4 is 22.9 Å². The Morgan fingerprint density at radius 1 is 1.25 bits per heavy atom. The van der Waals surface area contributed by atoms with Crippen LogP contribution in [0.3, 0.4) is 0 Å². The standard InChI is InChI=1S/C21H24N4O2S/c1-15-19(18-5-4-14-28-18)23-24-20(15)21(26)22-16-6-8-17(9-7-16)27-13-12-25-10-2-3-11-25/h4-9,14H,2-3,10-13H2,1H3,(H,22,26)(H,23,24). The van der Waals surface area contributed by atoms with E-state index in [2.05, 4.69) is 20.4 Å². The van der Waals surface area contributed by atoms with Crippen LogP contribution in [0.5, 0.6) is 5.75 Å². The second-order valence-corrected chi connectivity index (χ2v) is 7.87. The van der Waals surface area contributed by atoms with Gasteiger partial charge in [0.1, 0.15) is 12.4 Å². The topological polar surface area (TPSA) is 70.2 Å². The van der Waals surface area contributed by atoms with E-state index in [9.17, 15) is 4.79 Å². The number of carbonyl (C=O) groups is 1. The number of hydrogen-bond donors (Lipinski definition) is 2. The average molecular weight is 397 g/mol. The van der Waals surface area contributed by atoms with E-state index in [-0.39, 0.29) is 5.91 Å². The summed E-state index contributed by atoms with van der Waals surface area (Å²) in [7, 11) is 0. The molecule has 2 aromatic heterocycles. The molecule has 0 atom stereocenters. The first-order chi connectivity index (χ1) is 13.7. The lowest BCUT2D eigenvalue weighted by Crippen LogP contribution is -2.25. The molecule has 0 unspecified atom stereocenters. The lowest BCUT2D eigenvalue weighted by atomic mass is 10.1. The third kappa shape index (κ3) is 4.26. The van der Waals surface area contributed by atoms with Gasteiger partial charge < -0.3 is 10.1 Å². The zero-order chi connectivity index (χ0) is 19.3. The fourth-order valence-corrected chi connectivity index (χ4v) is 4.18. The minimum absolute atomic E-state index is 0.223. The fraction of sp³-hybridized carbons (Fsp3) is 0.333. The number of aromatic amines is 1. The number of likely N-dealkylation sites (tertiary alicyclic amines) is 1. The first-order valence-corrected chi connectivity index (χ1v) is 10.4. The highest BCUT2D eigenvalue weighted by atomic mass is 32.1. The second kappa shape index (κ2) is 8.58. The third-order valence-electron chi connectivity index (χ3n) is 4.98. The Morgan fingerprint density at radius 3 is 2.75 bits per heavy atom. The molecule has 1 fully saturated rings. The Morgan fingerprint density at radius 2 is 2.04 bits per heavy atom. The van der Waals surface area contributed by atoms with Gasteiger partial charge in [-0.05, 0) is 68.6 Å². The molecule has 1 aliphatic heterocycles. The Hall–Kier alpha value is -2.64. The molecule has 3 heterocycles. The SMILES string of the molecule is Cc1c(C(=O)Nc2ccc(OCCN3CCCC3)cc2)n[nH]c1-c1cccs1. The summed E-state index contributed by atoms with van der Waals surface area (Å²) in [6.07, 6.45) is 2.58. The van der Waals surface area contributed by atoms with Crippen molar-refractivity contribution in [3.05, 3.63) is 53.0 Å². The summed E-state index contributed by atoms with van der Waals surface area (Å²) < 4.78 is 5.81. The van der Waals surface area contributed by atoms with Crippen molar-refractivity contribution in [2.45, 2.75) is 19.8 Å². The largest absolute Gasteiger partial charge is 0.492 e. The number of hydrogen-bond acceptors (Lipinski definition) is 5. The summed E-state index contributed by atoms with van der Waals surface area (Å²) >= 11 is 1.62. The molecule has 4 rings (SSSR count). The number of carbonyl (C=O) groups excluding carboxylic acids is 1. The summed E-state index contributed by atoms with van der Waals surface area (Å²) in [5.41, 5.74) is 2.87. The molecular formula is C21H24N4O2S. The maximum Gasteiger partial charge on any atom is 0.276 e. The molecule has 0 radical (unpaired) electrons. The van der Waals surface area contributed by atoms with Gasteiger partial charge >= 0.3 is 0 Å². The molecule has 146 valence electrons. The van der Waals surface area contributed by atoms with E-state index in [4.69, 9.17) is 4.74 Å². The van der Waals surface area contributed by atoms with E-state index < -0.39 is 0 Å². The number of H-pyrrole nitrogens is 1. The summed E-state index contributed by atoms with van der Waals surface area (Å²) in [5.74, 6) is 0.590. The number of anilines is 1. The molecule has 0 saturated carbocycles. The highest BCUT2D eigenvalue weighted by Crippen LogP contribution is 2.27. The first kappa shape index (κ1) is 18.7. The van der Waals surface area contributed by atoms with Gasteiger partial charge in [-0.1, -0.05) is 6.07 Å². The maximum atomic E-state index is 12.6. The molecule has 6 nitrogen and oxygen atoms in total. The highest BCUT2D eigenvalue weighted by molar-refractivity contribution is 7.13. The van der Waals surface area contributed by atoms with Crippen molar-refractivity contribution < 1.29 is 9.53 Å². The summed E-state index contributed by atoms with van der Waals surface area (Å²) in [4.78, 5) is 16.1. The van der Waals surface area contributed by atoms with Gasteiger partial charge in [0.2, 0.25) is 0 Å². The first-order valence-electron chi connectivity index (χ1n) is 9.56. The molecule has 3 aromatic rings. The normalized spacial score (nSPS) is 14.3. The van der Waals surface area contributed by atoms with Gasteiger partial charge in [-0.15, -0.1) is 11.3 Å². The van der Waals surface area contributed by atoms with Crippen molar-refractivity contribution in [2.24, 2.45) is 0 Å². The monoisotopic (exact) mass is 396 g/mol. The van der Waals surface area contributed by atoms with Crippen molar-refractivity contribution in [3.63, 3.8) is 0 Å². The van der Waals surface area contributed by atoms with E-state index in [0.717, 1.165) is 34.1 Å². The lowest BCUT2D eigenvalue weighted by molar-refractivity contribution is 0.102. The van der Waals surface area contributed by atoms with Crippen LogP contribution >= 0.6 is 11.3 Å². The minimum atomic E-state index is -0.223. The molecule has 7 heteroatoms. The van der Waals surface area contributed by atoms with Gasteiger partial charge in [0.25, 0.3) is 5.91 Å². The smallest absolute Gasteiger partial charge is 0.276 e. The lowest BCUT2D eigenvalue weighted by Gasteiger charge is -2.15. The van der Waals surface area contributed by atoms with Gasteiger partial charge in [-0.2, -0.15) is 5.10 Å². The van der Waals surface area contributed by atoms with Gasteiger partial charge in [0.05, 0.1) is 10.6 Å². The number of benzene rings is 1. The summed E-state index contributed by atoms with van der Waals surface area (Å²) in [6, 6.07) is 11.5. The van der Waals surface area contributed by atoms with Crippen LogP contribution in [0.1, 0.15) is 28.9 Å². The van der Waals surface area contributed by atoms with Crippen molar-refractivity contribution in [2.75, 3.05) is 31.6 Å². The zero-order valence-electron chi connectivity index (χ0n) is 15.9. The average Bonchev–Trinajstić information content (AvgIpc) is 3.44. The zero-order valence-corrected chi connectivity index (χ0v) is 16.7. The highest BCUT2D eigenvalue weighted by Gasteiger charge is 2.18. The van der Waals surface area contributed by atoms with Crippen LogP contribution in [0.25, 0.3) is 10.6 Å². The Bertz CT molecular complexity index is 913. The van der Waals surface area contributed by atoms with Crippen LogP contribution in [-0.4, -0.2) is 47.2 Å². The van der Waals surface area contributed by atoms with Crippen LogP contribution in [0.2, 0.25) is 0 Å². The van der Waals surface area contributed by atoms with Crippen LogP contribution < -0.4 is 10.1 Å². The molecule has 1 amide bonds. The van der Waals surface area contributed by atoms with Crippen LogP contribution in [-0.2, 0) is 0 Å². The van der Waals surface area contributed by atoms with Crippen LogP contribution in [0.15, 0.2) is 41.8 Å². The van der Waals surface area contributed by atoms with E-state index in [1.54, 1.807) is 11.3 Å². The third-order valence-corrected chi connectivity index (χ3v) is 5.87. The number of nitrogens with zero attached hydrogens (tertiary/aromatic N) is 2. The Balaban J connectivity index is 1.33. The van der Waals surface area contributed by atoms with Gasteiger partial charge in [-0.25, -0.2) is 0 Å². The van der Waals surface area contributed by atoms with Crippen molar-refractivity contribution in [1.29, 1.82) is 0 Å². The van der Waals surface area contributed by atoms with E-state index in [1.165, 1.54) is 25.9 Å². The number of nitrogens with one attached hydrogen (secondary N) is 2. The second-order valence-electron chi connectivity index (χ2n) is 6.93. The van der Waals surface area contributed by atoms with E-state index >= 15 is 0 Å².